The van der Waals surface area contributed by atoms with Crippen molar-refractivity contribution in [3.8, 4) is 0 Å². The summed E-state index contributed by atoms with van der Waals surface area (Å²) in [6, 6.07) is 10.4. The van der Waals surface area contributed by atoms with Crippen LogP contribution in [-0.4, -0.2) is 12.1 Å². The van der Waals surface area contributed by atoms with Crippen molar-refractivity contribution in [3.63, 3.8) is 0 Å². The molecule has 104 valence electrons. The monoisotopic (exact) mass is 321 g/mol. The third-order valence-electron chi connectivity index (χ3n) is 4.78. The van der Waals surface area contributed by atoms with Crippen molar-refractivity contribution < 1.29 is 0 Å². The first-order valence-corrected chi connectivity index (χ1v) is 8.62. The molecule has 0 heterocycles. The Bertz CT molecular complexity index is 403. The Morgan fingerprint density at radius 2 is 1.68 bits per heavy atom. The molecule has 0 atom stereocenters. The highest BCUT2D eigenvalue weighted by Gasteiger charge is 2.31. The second-order valence-corrected chi connectivity index (χ2v) is 7.19. The van der Waals surface area contributed by atoms with Crippen LogP contribution in [0, 0.1) is 0 Å². The Morgan fingerprint density at radius 3 is 2.37 bits per heavy atom. The van der Waals surface area contributed by atoms with Crippen LogP contribution < -0.4 is 5.32 Å². The lowest BCUT2D eigenvalue weighted by Crippen LogP contribution is -2.45. The van der Waals surface area contributed by atoms with Gasteiger partial charge < -0.3 is 5.32 Å². The largest absolute Gasteiger partial charge is 0.311 e. The minimum Gasteiger partial charge on any atom is -0.311 e. The van der Waals surface area contributed by atoms with Crippen molar-refractivity contribution >= 4 is 15.9 Å². The van der Waals surface area contributed by atoms with Gasteiger partial charge in [-0.2, -0.15) is 0 Å². The van der Waals surface area contributed by atoms with Gasteiger partial charge in [0.2, 0.25) is 0 Å². The zero-order chi connectivity index (χ0) is 13.1. The van der Waals surface area contributed by atoms with Gasteiger partial charge in [0, 0.05) is 16.6 Å². The van der Waals surface area contributed by atoms with Crippen molar-refractivity contribution in [2.75, 3.05) is 0 Å². The van der Waals surface area contributed by atoms with Gasteiger partial charge in [-0.1, -0.05) is 53.7 Å². The highest BCUT2D eigenvalue weighted by atomic mass is 79.9. The molecule has 0 saturated heterocycles. The van der Waals surface area contributed by atoms with Gasteiger partial charge in [0.15, 0.2) is 0 Å². The quantitative estimate of drug-likeness (QED) is 0.772. The van der Waals surface area contributed by atoms with E-state index in [4.69, 9.17) is 0 Å². The van der Waals surface area contributed by atoms with Gasteiger partial charge in [-0.25, -0.2) is 0 Å². The fourth-order valence-corrected chi connectivity index (χ4v) is 3.98. The summed E-state index contributed by atoms with van der Waals surface area (Å²) < 4.78 is 1.21. The van der Waals surface area contributed by atoms with Crippen molar-refractivity contribution in [2.45, 2.75) is 69.4 Å². The molecule has 0 unspecified atom stereocenters. The molecular weight excluding hydrogens is 298 g/mol. The van der Waals surface area contributed by atoms with Crippen molar-refractivity contribution in [2.24, 2.45) is 0 Å². The molecule has 0 spiro atoms. The molecule has 1 aromatic rings. The predicted molar refractivity (Wildman–Crippen MR) is 84.5 cm³/mol. The highest BCUT2D eigenvalue weighted by Crippen LogP contribution is 2.38. The van der Waals surface area contributed by atoms with E-state index in [1.54, 1.807) is 0 Å². The molecule has 0 bridgehead atoms. The summed E-state index contributed by atoms with van der Waals surface area (Å²) in [4.78, 5) is 0. The molecule has 2 aliphatic rings. The number of hydrogen-bond acceptors (Lipinski definition) is 1. The molecule has 0 aromatic heterocycles. The van der Waals surface area contributed by atoms with Gasteiger partial charge in [-0.3, -0.25) is 0 Å². The number of hydrogen-bond donors (Lipinski definition) is 1. The Balaban J connectivity index is 1.47. The summed E-state index contributed by atoms with van der Waals surface area (Å²) in [6.45, 7) is 0. The maximum atomic E-state index is 3.90. The average Bonchev–Trinajstić information content (AvgIpc) is 2.61. The number of rotatable bonds is 3. The molecule has 0 aliphatic heterocycles. The van der Waals surface area contributed by atoms with Gasteiger partial charge in [0.1, 0.15) is 0 Å². The van der Waals surface area contributed by atoms with E-state index in [-0.39, 0.29) is 0 Å². The lowest BCUT2D eigenvalue weighted by molar-refractivity contribution is 0.254. The van der Waals surface area contributed by atoms with Crippen LogP contribution in [0.3, 0.4) is 0 Å². The zero-order valence-corrected chi connectivity index (χ0v) is 13.2. The lowest BCUT2D eigenvalue weighted by atomic mass is 9.75. The van der Waals surface area contributed by atoms with E-state index < -0.39 is 0 Å². The fourth-order valence-electron chi connectivity index (χ4n) is 3.57. The van der Waals surface area contributed by atoms with Crippen LogP contribution in [-0.2, 0) is 0 Å². The van der Waals surface area contributed by atoms with Gasteiger partial charge in [-0.15, -0.1) is 0 Å². The molecule has 2 fully saturated rings. The molecule has 0 amide bonds. The summed E-state index contributed by atoms with van der Waals surface area (Å²) in [5.41, 5.74) is 1.51. The van der Waals surface area contributed by atoms with Crippen molar-refractivity contribution in [3.05, 3.63) is 34.3 Å². The van der Waals surface area contributed by atoms with E-state index in [2.05, 4.69) is 45.5 Å². The SMILES string of the molecule is Brc1cccc(C2CC(NC3CCCCCC3)C2)c1. The predicted octanol–water partition coefficient (Wildman–Crippen LogP) is 5.01. The van der Waals surface area contributed by atoms with Crippen LogP contribution >= 0.6 is 15.9 Å². The van der Waals surface area contributed by atoms with E-state index in [0.717, 1.165) is 18.0 Å². The van der Waals surface area contributed by atoms with E-state index >= 15 is 0 Å². The summed E-state index contributed by atoms with van der Waals surface area (Å²) in [6.07, 6.45) is 11.2. The summed E-state index contributed by atoms with van der Waals surface area (Å²) in [7, 11) is 0. The molecule has 3 rings (SSSR count). The van der Waals surface area contributed by atoms with Gasteiger partial charge in [0.25, 0.3) is 0 Å². The number of benzene rings is 1. The Morgan fingerprint density at radius 1 is 0.947 bits per heavy atom. The van der Waals surface area contributed by atoms with E-state index in [1.807, 2.05) is 0 Å². The van der Waals surface area contributed by atoms with Crippen LogP contribution in [0.5, 0.6) is 0 Å². The zero-order valence-electron chi connectivity index (χ0n) is 11.6. The Labute approximate surface area is 125 Å². The third kappa shape index (κ3) is 3.61. The average molecular weight is 322 g/mol. The smallest absolute Gasteiger partial charge is 0.0178 e. The fraction of sp³-hybridized carbons (Fsp3) is 0.647. The molecule has 2 heteroatoms. The molecular formula is C17H24BrN. The molecule has 1 N–H and O–H groups in total. The molecule has 1 nitrogen and oxygen atoms in total. The second kappa shape index (κ2) is 6.41. The molecule has 2 saturated carbocycles. The Hall–Kier alpha value is -0.340. The van der Waals surface area contributed by atoms with Crippen LogP contribution in [0.2, 0.25) is 0 Å². The summed E-state index contributed by atoms with van der Waals surface area (Å²) >= 11 is 3.57. The maximum Gasteiger partial charge on any atom is 0.0178 e. The number of nitrogens with one attached hydrogen (secondary N) is 1. The first kappa shape index (κ1) is 13.6. The molecule has 0 radical (unpaired) electrons. The van der Waals surface area contributed by atoms with Crippen LogP contribution in [0.1, 0.15) is 62.8 Å². The maximum absolute atomic E-state index is 3.90. The van der Waals surface area contributed by atoms with Crippen molar-refractivity contribution in [1.82, 2.24) is 5.32 Å². The summed E-state index contributed by atoms with van der Waals surface area (Å²) in [5, 5.41) is 3.90. The van der Waals surface area contributed by atoms with Crippen LogP contribution in [0.15, 0.2) is 28.7 Å². The van der Waals surface area contributed by atoms with Crippen LogP contribution in [0.4, 0.5) is 0 Å². The Kier molecular flexibility index (Phi) is 4.60. The first-order valence-electron chi connectivity index (χ1n) is 7.83. The third-order valence-corrected chi connectivity index (χ3v) is 5.28. The lowest BCUT2D eigenvalue weighted by Gasteiger charge is -2.39. The molecule has 19 heavy (non-hydrogen) atoms. The topological polar surface area (TPSA) is 12.0 Å². The molecule has 2 aliphatic carbocycles. The van der Waals surface area contributed by atoms with E-state index in [1.165, 1.54) is 61.4 Å². The normalized spacial score (nSPS) is 28.7. The standard InChI is InChI=1S/C17H24BrN/c18-15-7-5-6-13(10-15)14-11-17(12-14)19-16-8-3-1-2-4-9-16/h5-7,10,14,16-17,19H,1-4,8-9,11-12H2. The van der Waals surface area contributed by atoms with Crippen LogP contribution in [0.25, 0.3) is 0 Å². The minimum atomic E-state index is 0.770. The van der Waals surface area contributed by atoms with E-state index in [9.17, 15) is 0 Å². The second-order valence-electron chi connectivity index (χ2n) is 6.28. The van der Waals surface area contributed by atoms with Crippen molar-refractivity contribution in [1.29, 1.82) is 0 Å². The minimum absolute atomic E-state index is 0.770. The van der Waals surface area contributed by atoms with E-state index in [0.29, 0.717) is 0 Å². The highest BCUT2D eigenvalue weighted by molar-refractivity contribution is 9.10. The number of halogens is 1. The first-order chi connectivity index (χ1) is 9.31. The van der Waals surface area contributed by atoms with Gasteiger partial charge in [-0.05, 0) is 49.3 Å². The summed E-state index contributed by atoms with van der Waals surface area (Å²) in [5.74, 6) is 0.778. The molecule has 1 aromatic carbocycles. The van der Waals surface area contributed by atoms with Gasteiger partial charge in [0.05, 0.1) is 0 Å². The van der Waals surface area contributed by atoms with Gasteiger partial charge >= 0.3 is 0 Å².